The number of hydrogen-bond acceptors (Lipinski definition) is 0. The van der Waals surface area contributed by atoms with E-state index in [-0.39, 0.29) is 26.2 Å². The molecule has 0 heterocycles. The predicted molar refractivity (Wildman–Crippen MR) is 77.4 cm³/mol. The van der Waals surface area contributed by atoms with Gasteiger partial charge in [-0.15, -0.1) is 0 Å². The van der Waals surface area contributed by atoms with Crippen LogP contribution in [0.5, 0.6) is 0 Å². The maximum atomic E-state index is 2.26. The van der Waals surface area contributed by atoms with Crippen molar-refractivity contribution in [1.82, 2.24) is 0 Å². The fraction of sp³-hybridized carbons (Fsp3) is 0.444. The number of fused-ring (bicyclic) bond motifs is 2. The van der Waals surface area contributed by atoms with Gasteiger partial charge in [-0.05, 0) is 0 Å². The second-order valence-corrected chi connectivity index (χ2v) is 5.57. The summed E-state index contributed by atoms with van der Waals surface area (Å²) in [6.45, 7) is 0. The summed E-state index contributed by atoms with van der Waals surface area (Å²) < 4.78 is 0. The first-order valence-electron chi connectivity index (χ1n) is 7.40. The largest absolute Gasteiger partial charge is 4.00 e. The van der Waals surface area contributed by atoms with E-state index in [1.54, 1.807) is 22.3 Å². The average Bonchev–Trinajstić information content (AvgIpc) is 3.08. The van der Waals surface area contributed by atoms with E-state index in [0.717, 1.165) is 0 Å². The molecule has 1 heteroatoms. The summed E-state index contributed by atoms with van der Waals surface area (Å²) in [5.74, 6) is 0. The van der Waals surface area contributed by atoms with E-state index in [1.165, 1.54) is 51.4 Å². The van der Waals surface area contributed by atoms with Crippen LogP contribution in [0.1, 0.15) is 47.9 Å². The molecule has 0 atom stereocenters. The van der Waals surface area contributed by atoms with E-state index >= 15 is 0 Å². The van der Waals surface area contributed by atoms with Crippen molar-refractivity contribution < 1.29 is 26.2 Å². The fourth-order valence-electron chi connectivity index (χ4n) is 3.23. The zero-order chi connectivity index (χ0) is 12.2. The van der Waals surface area contributed by atoms with Crippen LogP contribution in [0.3, 0.4) is 0 Å². The second-order valence-electron chi connectivity index (χ2n) is 5.57. The summed E-state index contributed by atoms with van der Waals surface area (Å²) >= 11 is 0. The van der Waals surface area contributed by atoms with Gasteiger partial charge in [-0.2, -0.15) is 46.5 Å². The third kappa shape index (κ3) is 3.79. The second kappa shape index (κ2) is 7.39. The molecule has 2 aromatic carbocycles. The number of rotatable bonds is 0. The summed E-state index contributed by atoms with van der Waals surface area (Å²) in [7, 11) is 0. The van der Waals surface area contributed by atoms with Crippen molar-refractivity contribution in [2.75, 3.05) is 0 Å². The molecule has 19 heavy (non-hydrogen) atoms. The third-order valence-corrected chi connectivity index (χ3v) is 4.30. The molecule has 2 aliphatic rings. The van der Waals surface area contributed by atoms with E-state index in [0.29, 0.717) is 0 Å². The van der Waals surface area contributed by atoms with E-state index in [4.69, 9.17) is 0 Å². The molecule has 96 valence electrons. The summed E-state index contributed by atoms with van der Waals surface area (Å²) in [6, 6.07) is 13.4. The molecule has 0 amide bonds. The Kier molecular flexibility index (Phi) is 5.83. The topological polar surface area (TPSA) is 0 Å². The summed E-state index contributed by atoms with van der Waals surface area (Å²) in [5, 5.41) is 0. The molecule has 0 saturated carbocycles. The first-order valence-corrected chi connectivity index (χ1v) is 7.40. The Labute approximate surface area is 136 Å². The van der Waals surface area contributed by atoms with Crippen LogP contribution >= 0.6 is 0 Å². The smallest absolute Gasteiger partial charge is 0.210 e. The van der Waals surface area contributed by atoms with Crippen LogP contribution < -0.4 is 0 Å². The molecule has 0 fully saturated rings. The van der Waals surface area contributed by atoms with Crippen molar-refractivity contribution >= 4 is 0 Å². The molecule has 0 radical (unpaired) electrons. The molecule has 0 N–H and O–H groups in total. The zero-order valence-electron chi connectivity index (χ0n) is 11.6. The molecule has 0 bridgehead atoms. The van der Waals surface area contributed by atoms with Gasteiger partial charge < -0.3 is 0 Å². The first kappa shape index (κ1) is 15.0. The van der Waals surface area contributed by atoms with E-state index in [9.17, 15) is 0 Å². The van der Waals surface area contributed by atoms with Crippen LogP contribution in [0, 0.1) is 0 Å². The number of hydrogen-bond donors (Lipinski definition) is 0. The SMILES string of the molecule is [Zr+4].c1cc2c([cH-]1)CCCC2.c1cc2c([cH-]1)CCCC2. The van der Waals surface area contributed by atoms with Crippen LogP contribution in [-0.2, 0) is 51.9 Å². The Balaban J connectivity index is 0.000000133. The Morgan fingerprint density at radius 1 is 0.632 bits per heavy atom. The normalized spacial score (nSPS) is 16.4. The predicted octanol–water partition coefficient (Wildman–Crippen LogP) is 4.57. The summed E-state index contributed by atoms with van der Waals surface area (Å²) in [4.78, 5) is 0. The number of aryl methyl sites for hydroxylation is 4. The minimum atomic E-state index is 0. The van der Waals surface area contributed by atoms with Gasteiger partial charge in [0.2, 0.25) is 0 Å². The van der Waals surface area contributed by atoms with Crippen LogP contribution in [0.2, 0.25) is 0 Å². The average molecular weight is 330 g/mol. The quantitative estimate of drug-likeness (QED) is 0.621. The van der Waals surface area contributed by atoms with Crippen molar-refractivity contribution in [2.45, 2.75) is 51.4 Å². The van der Waals surface area contributed by atoms with Crippen LogP contribution in [0.15, 0.2) is 36.4 Å². The van der Waals surface area contributed by atoms with Crippen LogP contribution in [0.4, 0.5) is 0 Å². The van der Waals surface area contributed by atoms with Crippen LogP contribution in [0.25, 0.3) is 0 Å². The van der Waals surface area contributed by atoms with Gasteiger partial charge in [-0.3, -0.25) is 0 Å². The van der Waals surface area contributed by atoms with E-state index in [2.05, 4.69) is 36.4 Å². The molecule has 0 saturated heterocycles. The van der Waals surface area contributed by atoms with Gasteiger partial charge in [-0.1, -0.05) is 51.4 Å². The maximum Gasteiger partial charge on any atom is 4.00 e. The fourth-order valence-corrected chi connectivity index (χ4v) is 3.23. The van der Waals surface area contributed by atoms with Crippen molar-refractivity contribution in [3.05, 3.63) is 58.7 Å². The maximum absolute atomic E-state index is 2.26. The molecule has 0 aliphatic heterocycles. The third-order valence-electron chi connectivity index (χ3n) is 4.30. The summed E-state index contributed by atoms with van der Waals surface area (Å²) in [5.41, 5.74) is 6.39. The molecule has 2 aromatic rings. The Morgan fingerprint density at radius 3 is 1.47 bits per heavy atom. The first-order chi connectivity index (χ1) is 8.93. The Bertz CT molecular complexity index is 402. The van der Waals surface area contributed by atoms with Crippen molar-refractivity contribution in [2.24, 2.45) is 0 Å². The van der Waals surface area contributed by atoms with Gasteiger partial charge in [-0.25, -0.2) is 12.1 Å². The van der Waals surface area contributed by atoms with Gasteiger partial charge in [0.1, 0.15) is 0 Å². The van der Waals surface area contributed by atoms with Crippen molar-refractivity contribution in [3.63, 3.8) is 0 Å². The van der Waals surface area contributed by atoms with Crippen molar-refractivity contribution in [1.29, 1.82) is 0 Å². The Hall–Kier alpha value is -0.417. The van der Waals surface area contributed by atoms with Gasteiger partial charge in [0.05, 0.1) is 0 Å². The molecular formula is C18H22Zr+2. The van der Waals surface area contributed by atoms with Gasteiger partial charge in [0, 0.05) is 0 Å². The molecule has 0 spiro atoms. The molecule has 0 aromatic heterocycles. The van der Waals surface area contributed by atoms with E-state index in [1.807, 2.05) is 0 Å². The molecule has 0 nitrogen and oxygen atoms in total. The monoisotopic (exact) mass is 328 g/mol. The van der Waals surface area contributed by atoms with Gasteiger partial charge in [0.25, 0.3) is 0 Å². The molecular weight excluding hydrogens is 307 g/mol. The zero-order valence-corrected chi connectivity index (χ0v) is 14.1. The van der Waals surface area contributed by atoms with Crippen molar-refractivity contribution in [3.8, 4) is 0 Å². The standard InChI is InChI=1S/2C9H11.Zr/c2*1-2-5-9-7-3-6-8(9)4-1;/h2*3,6-7H,1-2,4-5H2;/q2*-1;+4. The summed E-state index contributed by atoms with van der Waals surface area (Å²) in [6.07, 6.45) is 10.9. The molecule has 4 rings (SSSR count). The Morgan fingerprint density at radius 2 is 1.05 bits per heavy atom. The van der Waals surface area contributed by atoms with Crippen LogP contribution in [-0.4, -0.2) is 0 Å². The molecule has 0 unspecified atom stereocenters. The van der Waals surface area contributed by atoms with Gasteiger partial charge >= 0.3 is 26.2 Å². The molecule has 2 aliphatic carbocycles. The van der Waals surface area contributed by atoms with Gasteiger partial charge in [0.15, 0.2) is 0 Å². The van der Waals surface area contributed by atoms with E-state index < -0.39 is 0 Å². The minimum Gasteiger partial charge on any atom is -0.210 e. The minimum absolute atomic E-state index is 0.